The average Bonchev–Trinajstić information content (AvgIpc) is 2.82. The highest BCUT2D eigenvalue weighted by atomic mass is 35.5. The number of aryl methyl sites for hydroxylation is 2. The molecule has 5 heteroatoms. The zero-order valence-corrected chi connectivity index (χ0v) is 14.7. The Morgan fingerprint density at radius 1 is 1.13 bits per heavy atom. The van der Waals surface area contributed by atoms with Crippen molar-refractivity contribution in [1.82, 2.24) is 15.1 Å². The summed E-state index contributed by atoms with van der Waals surface area (Å²) >= 11 is 6.30. The van der Waals surface area contributed by atoms with Gasteiger partial charge < -0.3 is 10.2 Å². The number of halogens is 1. The fourth-order valence-electron chi connectivity index (χ4n) is 3.30. The third-order valence-corrected chi connectivity index (χ3v) is 5.05. The molecule has 124 valence electrons. The number of nitrogens with one attached hydrogen (secondary N) is 1. The summed E-state index contributed by atoms with van der Waals surface area (Å²) in [6, 6.07) is 8.71. The second-order valence-corrected chi connectivity index (χ2v) is 6.62. The summed E-state index contributed by atoms with van der Waals surface area (Å²) < 4.78 is 1.73. The van der Waals surface area contributed by atoms with Gasteiger partial charge in [0.15, 0.2) is 0 Å². The number of piperidine rings is 1. The fourth-order valence-corrected chi connectivity index (χ4v) is 3.54. The number of aromatic nitrogens is 2. The summed E-state index contributed by atoms with van der Waals surface area (Å²) in [7, 11) is 1.88. The predicted octanol–water partition coefficient (Wildman–Crippen LogP) is 3.66. The molecule has 0 unspecified atom stereocenters. The molecular formula is C18H25ClN4. The van der Waals surface area contributed by atoms with Crippen LogP contribution in [0.2, 0.25) is 5.15 Å². The van der Waals surface area contributed by atoms with E-state index in [1.54, 1.807) is 4.68 Å². The number of hydrogen-bond acceptors (Lipinski definition) is 3. The molecule has 1 aliphatic heterocycles. The number of benzene rings is 1. The second kappa shape index (κ2) is 7.37. The first kappa shape index (κ1) is 16.3. The van der Waals surface area contributed by atoms with E-state index < -0.39 is 0 Å². The average molecular weight is 333 g/mol. The van der Waals surface area contributed by atoms with Crippen molar-refractivity contribution >= 4 is 17.3 Å². The van der Waals surface area contributed by atoms with E-state index >= 15 is 0 Å². The number of rotatable bonds is 5. The number of nitrogens with zero attached hydrogens (tertiary/aromatic N) is 3. The third kappa shape index (κ3) is 3.70. The molecule has 23 heavy (non-hydrogen) atoms. The van der Waals surface area contributed by atoms with Crippen LogP contribution < -0.4 is 10.2 Å². The molecule has 1 N–H and O–H groups in total. The van der Waals surface area contributed by atoms with Crippen molar-refractivity contribution in [2.45, 2.75) is 39.3 Å². The maximum atomic E-state index is 6.30. The molecule has 0 spiro atoms. The molecule has 3 rings (SSSR count). The summed E-state index contributed by atoms with van der Waals surface area (Å²) in [5.74, 6) is 0. The summed E-state index contributed by atoms with van der Waals surface area (Å²) in [5.41, 5.74) is 4.81. The lowest BCUT2D eigenvalue weighted by Crippen LogP contribution is -2.30. The molecule has 1 aliphatic rings. The van der Waals surface area contributed by atoms with Crippen molar-refractivity contribution in [3.63, 3.8) is 0 Å². The normalized spacial score (nSPS) is 15.2. The van der Waals surface area contributed by atoms with Gasteiger partial charge in [-0.3, -0.25) is 4.68 Å². The van der Waals surface area contributed by atoms with Crippen LogP contribution in [0.1, 0.15) is 36.1 Å². The minimum atomic E-state index is 0.722. The topological polar surface area (TPSA) is 33.1 Å². The van der Waals surface area contributed by atoms with E-state index in [1.807, 2.05) is 14.0 Å². The van der Waals surface area contributed by atoms with E-state index in [4.69, 9.17) is 11.6 Å². The van der Waals surface area contributed by atoms with Gasteiger partial charge in [-0.05, 0) is 37.8 Å². The molecule has 2 heterocycles. The third-order valence-electron chi connectivity index (χ3n) is 4.58. The smallest absolute Gasteiger partial charge is 0.131 e. The molecule has 0 radical (unpaired) electrons. The van der Waals surface area contributed by atoms with Crippen molar-refractivity contribution in [1.29, 1.82) is 0 Å². The Labute approximate surface area is 143 Å². The molecule has 0 atom stereocenters. The van der Waals surface area contributed by atoms with E-state index in [0.717, 1.165) is 29.5 Å². The summed E-state index contributed by atoms with van der Waals surface area (Å²) in [5, 5.41) is 8.61. The zero-order valence-electron chi connectivity index (χ0n) is 14.0. The fraction of sp³-hybridized carbons (Fsp3) is 0.500. The lowest BCUT2D eigenvalue weighted by atomic mass is 10.1. The van der Waals surface area contributed by atoms with Crippen LogP contribution in [-0.4, -0.2) is 22.9 Å². The van der Waals surface area contributed by atoms with Gasteiger partial charge in [-0.2, -0.15) is 5.10 Å². The van der Waals surface area contributed by atoms with Gasteiger partial charge in [0.05, 0.1) is 5.69 Å². The molecule has 1 aromatic carbocycles. The predicted molar refractivity (Wildman–Crippen MR) is 96.0 cm³/mol. The molecular weight excluding hydrogens is 308 g/mol. The first-order valence-corrected chi connectivity index (χ1v) is 8.76. The Morgan fingerprint density at radius 3 is 2.57 bits per heavy atom. The number of hydrogen-bond donors (Lipinski definition) is 1. The second-order valence-electron chi connectivity index (χ2n) is 6.26. The van der Waals surface area contributed by atoms with Crippen LogP contribution in [0.5, 0.6) is 0 Å². The van der Waals surface area contributed by atoms with E-state index in [0.29, 0.717) is 0 Å². The highest BCUT2D eigenvalue weighted by Gasteiger charge is 2.14. The number of anilines is 1. The Morgan fingerprint density at radius 2 is 1.87 bits per heavy atom. The monoisotopic (exact) mass is 332 g/mol. The van der Waals surface area contributed by atoms with E-state index in [2.05, 4.69) is 39.6 Å². The molecule has 1 fully saturated rings. The van der Waals surface area contributed by atoms with Crippen LogP contribution in [0.3, 0.4) is 0 Å². The summed E-state index contributed by atoms with van der Waals surface area (Å²) in [4.78, 5) is 2.52. The Bertz CT molecular complexity index is 659. The van der Waals surface area contributed by atoms with Crippen LogP contribution in [0.15, 0.2) is 24.3 Å². The van der Waals surface area contributed by atoms with Crippen molar-refractivity contribution in [3.8, 4) is 0 Å². The Hall–Kier alpha value is -1.52. The highest BCUT2D eigenvalue weighted by molar-refractivity contribution is 6.30. The van der Waals surface area contributed by atoms with Crippen molar-refractivity contribution in [3.05, 3.63) is 46.2 Å². The highest BCUT2D eigenvalue weighted by Crippen LogP contribution is 2.24. The van der Waals surface area contributed by atoms with Gasteiger partial charge in [-0.15, -0.1) is 0 Å². The molecule has 0 bridgehead atoms. The summed E-state index contributed by atoms with van der Waals surface area (Å²) in [6.45, 7) is 5.93. The molecule has 0 amide bonds. The lowest BCUT2D eigenvalue weighted by Gasteiger charge is -2.30. The lowest BCUT2D eigenvalue weighted by molar-refractivity contribution is 0.574. The molecule has 0 saturated carbocycles. The molecule has 2 aromatic rings. The molecule has 1 aromatic heterocycles. The number of para-hydroxylation sites is 1. The largest absolute Gasteiger partial charge is 0.371 e. The standard InChI is InChI=1S/C18H25ClN4/c1-14-16(18(19)22(2)21-14)13-20-12-15-8-4-5-9-17(15)23-10-6-3-7-11-23/h4-5,8-9,20H,3,6-7,10-13H2,1-2H3. The van der Waals surface area contributed by atoms with E-state index in [9.17, 15) is 0 Å². The minimum Gasteiger partial charge on any atom is -0.371 e. The van der Waals surface area contributed by atoms with Gasteiger partial charge in [0.1, 0.15) is 5.15 Å². The zero-order chi connectivity index (χ0) is 16.2. The summed E-state index contributed by atoms with van der Waals surface area (Å²) in [6.07, 6.45) is 3.95. The van der Waals surface area contributed by atoms with Crippen LogP contribution in [0, 0.1) is 6.92 Å². The van der Waals surface area contributed by atoms with Crippen LogP contribution in [0.25, 0.3) is 0 Å². The minimum absolute atomic E-state index is 0.722. The van der Waals surface area contributed by atoms with Crippen molar-refractivity contribution in [2.24, 2.45) is 7.05 Å². The van der Waals surface area contributed by atoms with Gasteiger partial charge in [-0.1, -0.05) is 29.8 Å². The van der Waals surface area contributed by atoms with Crippen molar-refractivity contribution in [2.75, 3.05) is 18.0 Å². The molecule has 1 saturated heterocycles. The quantitative estimate of drug-likeness (QED) is 0.907. The first-order chi connectivity index (χ1) is 11.2. The Kier molecular flexibility index (Phi) is 5.23. The van der Waals surface area contributed by atoms with Gasteiger partial charge in [0.25, 0.3) is 0 Å². The van der Waals surface area contributed by atoms with Gasteiger partial charge >= 0.3 is 0 Å². The molecule has 0 aliphatic carbocycles. The van der Waals surface area contributed by atoms with Gasteiger partial charge in [0.2, 0.25) is 0 Å². The maximum Gasteiger partial charge on any atom is 0.131 e. The molecule has 4 nitrogen and oxygen atoms in total. The van der Waals surface area contributed by atoms with Crippen molar-refractivity contribution < 1.29 is 0 Å². The Balaban J connectivity index is 1.66. The van der Waals surface area contributed by atoms with Crippen LogP contribution >= 0.6 is 11.6 Å². The van der Waals surface area contributed by atoms with E-state index in [-0.39, 0.29) is 0 Å². The van der Waals surface area contributed by atoms with Gasteiger partial charge in [0, 0.05) is 44.5 Å². The SMILES string of the molecule is Cc1nn(C)c(Cl)c1CNCc1ccccc1N1CCCCC1. The van der Waals surface area contributed by atoms with Crippen LogP contribution in [-0.2, 0) is 20.1 Å². The first-order valence-electron chi connectivity index (χ1n) is 8.38. The maximum absolute atomic E-state index is 6.30. The van der Waals surface area contributed by atoms with Crippen LogP contribution in [0.4, 0.5) is 5.69 Å². The van der Waals surface area contributed by atoms with E-state index in [1.165, 1.54) is 43.6 Å². The van der Waals surface area contributed by atoms with Gasteiger partial charge in [-0.25, -0.2) is 0 Å².